The average Bonchev–Trinajstić information content (AvgIpc) is 2.63. The van der Waals surface area contributed by atoms with Gasteiger partial charge in [-0.15, -0.1) is 0 Å². The Labute approximate surface area is 92.8 Å². The minimum absolute atomic E-state index is 0.315. The molecule has 1 aromatic carbocycles. The van der Waals surface area contributed by atoms with Gasteiger partial charge in [0.15, 0.2) is 5.96 Å². The minimum Gasteiger partial charge on any atom is -0.352 e. The summed E-state index contributed by atoms with van der Waals surface area (Å²) in [6.07, 6.45) is 0. The van der Waals surface area contributed by atoms with Gasteiger partial charge >= 0.3 is 0 Å². The molecule has 0 spiro atoms. The van der Waals surface area contributed by atoms with Gasteiger partial charge in [0, 0.05) is 31.8 Å². The van der Waals surface area contributed by atoms with Crippen LogP contribution in [0.5, 0.6) is 0 Å². The van der Waals surface area contributed by atoms with Gasteiger partial charge < -0.3 is 10.2 Å². The zero-order chi connectivity index (χ0) is 11.5. The number of benzene rings is 1. The van der Waals surface area contributed by atoms with E-state index in [9.17, 15) is 8.78 Å². The van der Waals surface area contributed by atoms with Crippen LogP contribution >= 0.6 is 0 Å². The SMILES string of the molecule is CN1CCN=C1NCc1ccc(F)cc1F. The number of nitrogens with one attached hydrogen (secondary N) is 1. The average molecular weight is 225 g/mol. The topological polar surface area (TPSA) is 27.6 Å². The maximum Gasteiger partial charge on any atom is 0.194 e. The molecular formula is C11H13F2N3. The molecule has 16 heavy (non-hydrogen) atoms. The second kappa shape index (κ2) is 4.47. The Balaban J connectivity index is 1.99. The monoisotopic (exact) mass is 225 g/mol. The van der Waals surface area contributed by atoms with Crippen molar-refractivity contribution in [3.05, 3.63) is 35.4 Å². The van der Waals surface area contributed by atoms with E-state index >= 15 is 0 Å². The van der Waals surface area contributed by atoms with Crippen molar-refractivity contribution in [3.8, 4) is 0 Å². The summed E-state index contributed by atoms with van der Waals surface area (Å²) in [6.45, 7) is 1.94. The van der Waals surface area contributed by atoms with Crippen molar-refractivity contribution < 1.29 is 8.78 Å². The Kier molecular flexibility index (Phi) is 3.03. The van der Waals surface area contributed by atoms with Crippen LogP contribution in [-0.4, -0.2) is 31.0 Å². The standard InChI is InChI=1S/C11H13F2N3/c1-16-5-4-14-11(16)15-7-8-2-3-9(12)6-10(8)13/h2-3,6H,4-5,7H2,1H3,(H,14,15). The van der Waals surface area contributed by atoms with Gasteiger partial charge in [0.1, 0.15) is 11.6 Å². The molecule has 0 atom stereocenters. The van der Waals surface area contributed by atoms with E-state index in [0.717, 1.165) is 25.1 Å². The van der Waals surface area contributed by atoms with Crippen LogP contribution in [0.1, 0.15) is 5.56 Å². The second-order valence-corrected chi connectivity index (χ2v) is 3.72. The van der Waals surface area contributed by atoms with Crippen LogP contribution in [0.2, 0.25) is 0 Å². The highest BCUT2D eigenvalue weighted by Crippen LogP contribution is 2.09. The van der Waals surface area contributed by atoms with Crippen molar-refractivity contribution in [1.29, 1.82) is 0 Å². The first kappa shape index (κ1) is 10.9. The van der Waals surface area contributed by atoms with Crippen molar-refractivity contribution in [1.82, 2.24) is 10.2 Å². The van der Waals surface area contributed by atoms with Crippen LogP contribution in [0.4, 0.5) is 8.78 Å². The first-order chi connectivity index (χ1) is 7.66. The van der Waals surface area contributed by atoms with Gasteiger partial charge in [-0.1, -0.05) is 6.07 Å². The molecule has 1 N–H and O–H groups in total. The third-order valence-corrected chi connectivity index (χ3v) is 2.51. The highest BCUT2D eigenvalue weighted by atomic mass is 19.1. The fourth-order valence-electron chi connectivity index (χ4n) is 1.56. The van der Waals surface area contributed by atoms with Gasteiger partial charge in [-0.3, -0.25) is 4.99 Å². The third kappa shape index (κ3) is 2.29. The van der Waals surface area contributed by atoms with E-state index in [0.29, 0.717) is 12.1 Å². The lowest BCUT2D eigenvalue weighted by Crippen LogP contribution is -2.35. The fourth-order valence-corrected chi connectivity index (χ4v) is 1.56. The van der Waals surface area contributed by atoms with Crippen LogP contribution < -0.4 is 5.32 Å². The van der Waals surface area contributed by atoms with Gasteiger partial charge in [-0.25, -0.2) is 8.78 Å². The molecule has 2 rings (SSSR count). The fraction of sp³-hybridized carbons (Fsp3) is 0.364. The molecule has 3 nitrogen and oxygen atoms in total. The zero-order valence-corrected chi connectivity index (χ0v) is 9.00. The van der Waals surface area contributed by atoms with Crippen molar-refractivity contribution in [3.63, 3.8) is 0 Å². The maximum atomic E-state index is 13.3. The molecule has 0 bridgehead atoms. The van der Waals surface area contributed by atoms with Crippen molar-refractivity contribution in [2.75, 3.05) is 20.1 Å². The van der Waals surface area contributed by atoms with Gasteiger partial charge in [0.2, 0.25) is 0 Å². The van der Waals surface area contributed by atoms with E-state index < -0.39 is 11.6 Å². The molecule has 0 radical (unpaired) electrons. The second-order valence-electron chi connectivity index (χ2n) is 3.72. The lowest BCUT2D eigenvalue weighted by molar-refractivity contribution is 0.529. The van der Waals surface area contributed by atoms with E-state index in [2.05, 4.69) is 10.3 Å². The summed E-state index contributed by atoms with van der Waals surface area (Å²) in [5, 5.41) is 3.02. The van der Waals surface area contributed by atoms with Crippen molar-refractivity contribution >= 4 is 5.96 Å². The molecular weight excluding hydrogens is 212 g/mol. The summed E-state index contributed by atoms with van der Waals surface area (Å²) in [5.74, 6) is -0.339. The quantitative estimate of drug-likeness (QED) is 0.823. The number of hydrogen-bond donors (Lipinski definition) is 1. The van der Waals surface area contributed by atoms with E-state index in [4.69, 9.17) is 0 Å². The maximum absolute atomic E-state index is 13.3. The molecule has 1 aliphatic heterocycles. The number of rotatable bonds is 2. The molecule has 0 aliphatic carbocycles. The number of hydrogen-bond acceptors (Lipinski definition) is 3. The molecule has 1 heterocycles. The summed E-state index contributed by atoms with van der Waals surface area (Å²) in [5.41, 5.74) is 0.435. The van der Waals surface area contributed by atoms with E-state index in [1.54, 1.807) is 0 Å². The van der Waals surface area contributed by atoms with Gasteiger partial charge in [0.25, 0.3) is 0 Å². The normalized spacial score (nSPS) is 15.2. The number of aliphatic imine (C=N–C) groups is 1. The Morgan fingerprint density at radius 3 is 2.88 bits per heavy atom. The highest BCUT2D eigenvalue weighted by molar-refractivity contribution is 5.81. The first-order valence-electron chi connectivity index (χ1n) is 5.10. The van der Waals surface area contributed by atoms with E-state index in [-0.39, 0.29) is 0 Å². The van der Waals surface area contributed by atoms with Crippen LogP contribution in [0.3, 0.4) is 0 Å². The molecule has 0 saturated carbocycles. The predicted octanol–water partition coefficient (Wildman–Crippen LogP) is 1.36. The number of halogens is 2. The molecule has 0 saturated heterocycles. The van der Waals surface area contributed by atoms with E-state index in [1.165, 1.54) is 12.1 Å². The Morgan fingerprint density at radius 1 is 1.44 bits per heavy atom. The third-order valence-electron chi connectivity index (χ3n) is 2.51. The molecule has 1 aliphatic rings. The summed E-state index contributed by atoms with van der Waals surface area (Å²) in [4.78, 5) is 6.17. The minimum atomic E-state index is -0.559. The molecule has 0 fully saturated rings. The molecule has 0 unspecified atom stereocenters. The smallest absolute Gasteiger partial charge is 0.194 e. The van der Waals surface area contributed by atoms with Crippen molar-refractivity contribution in [2.24, 2.45) is 4.99 Å². The molecule has 0 aromatic heterocycles. The molecule has 0 amide bonds. The van der Waals surface area contributed by atoms with Crippen LogP contribution in [0.15, 0.2) is 23.2 Å². The van der Waals surface area contributed by atoms with Gasteiger partial charge in [-0.2, -0.15) is 0 Å². The first-order valence-corrected chi connectivity index (χ1v) is 5.10. The van der Waals surface area contributed by atoms with Gasteiger partial charge in [-0.05, 0) is 6.07 Å². The molecule has 5 heteroatoms. The number of nitrogens with zero attached hydrogens (tertiary/aromatic N) is 2. The number of guanidine groups is 1. The summed E-state index contributed by atoms with van der Waals surface area (Å²) < 4.78 is 25.9. The summed E-state index contributed by atoms with van der Waals surface area (Å²) >= 11 is 0. The largest absolute Gasteiger partial charge is 0.352 e. The number of likely N-dealkylation sites (N-methyl/N-ethyl adjacent to an activating group) is 1. The van der Waals surface area contributed by atoms with Crippen molar-refractivity contribution in [2.45, 2.75) is 6.54 Å². The molecule has 1 aromatic rings. The highest BCUT2D eigenvalue weighted by Gasteiger charge is 2.12. The Hall–Kier alpha value is -1.65. The summed E-state index contributed by atoms with van der Waals surface area (Å²) in [7, 11) is 1.92. The van der Waals surface area contributed by atoms with Gasteiger partial charge in [0.05, 0.1) is 6.54 Å². The van der Waals surface area contributed by atoms with Crippen LogP contribution in [0, 0.1) is 11.6 Å². The Bertz CT molecular complexity index is 418. The van der Waals surface area contributed by atoms with Crippen LogP contribution in [-0.2, 0) is 6.54 Å². The van der Waals surface area contributed by atoms with E-state index in [1.807, 2.05) is 11.9 Å². The Morgan fingerprint density at radius 2 is 2.25 bits per heavy atom. The predicted molar refractivity (Wildman–Crippen MR) is 58.1 cm³/mol. The van der Waals surface area contributed by atoms with Crippen LogP contribution in [0.25, 0.3) is 0 Å². The lowest BCUT2D eigenvalue weighted by Gasteiger charge is -2.15. The zero-order valence-electron chi connectivity index (χ0n) is 9.00. The summed E-state index contributed by atoms with van der Waals surface area (Å²) in [6, 6.07) is 3.57. The molecule has 86 valence electrons. The lowest BCUT2D eigenvalue weighted by atomic mass is 10.2.